The van der Waals surface area contributed by atoms with E-state index in [1.807, 2.05) is 41.4 Å². The van der Waals surface area contributed by atoms with E-state index in [1.165, 1.54) is 0 Å². The number of carbonyl (C=O) groups excluding carboxylic acids is 1. The van der Waals surface area contributed by atoms with Crippen molar-refractivity contribution in [1.82, 2.24) is 29.5 Å². The Kier molecular flexibility index (Phi) is 4.33. The van der Waals surface area contributed by atoms with Gasteiger partial charge in [-0.1, -0.05) is 0 Å². The molecule has 1 unspecified atom stereocenters. The quantitative estimate of drug-likeness (QED) is 0.897. The molecule has 1 N–H and O–H groups in total. The third-order valence-corrected chi connectivity index (χ3v) is 5.58. The largest absolute Gasteiger partial charge is 0.335 e. The van der Waals surface area contributed by atoms with E-state index in [2.05, 4.69) is 26.9 Å². The van der Waals surface area contributed by atoms with E-state index >= 15 is 0 Å². The molecule has 1 amide bonds. The van der Waals surface area contributed by atoms with Crippen LogP contribution in [0.4, 0.5) is 0 Å². The Balaban J connectivity index is 1.51. The summed E-state index contributed by atoms with van der Waals surface area (Å²) in [5.41, 5.74) is 1.14. The van der Waals surface area contributed by atoms with Crippen LogP contribution in [0.3, 0.4) is 0 Å². The van der Waals surface area contributed by atoms with Crippen LogP contribution in [-0.2, 0) is 18.4 Å². The number of amides is 1. The molecule has 0 spiro atoms. The average Bonchev–Trinajstić information content (AvgIpc) is 3.31. The minimum atomic E-state index is 0.105. The van der Waals surface area contributed by atoms with Gasteiger partial charge in [0.15, 0.2) is 0 Å². The predicted molar refractivity (Wildman–Crippen MR) is 93.6 cm³/mol. The molecule has 4 rings (SSSR count). The van der Waals surface area contributed by atoms with Crippen molar-refractivity contribution in [2.45, 2.75) is 44.8 Å². The summed E-state index contributed by atoms with van der Waals surface area (Å²) >= 11 is 0. The van der Waals surface area contributed by atoms with Gasteiger partial charge in [0.2, 0.25) is 5.91 Å². The number of hydrogen-bond acceptors (Lipinski definition) is 4. The normalized spacial score (nSPS) is 26.2. The van der Waals surface area contributed by atoms with Crippen LogP contribution in [0.2, 0.25) is 0 Å². The summed E-state index contributed by atoms with van der Waals surface area (Å²) in [4.78, 5) is 18.9. The van der Waals surface area contributed by atoms with E-state index < -0.39 is 0 Å². The fourth-order valence-corrected chi connectivity index (χ4v) is 4.36. The number of hydrogen-bond donors (Lipinski definition) is 1. The van der Waals surface area contributed by atoms with E-state index in [9.17, 15) is 4.79 Å². The van der Waals surface area contributed by atoms with Crippen LogP contribution in [0.15, 0.2) is 24.8 Å². The molecule has 2 aromatic heterocycles. The molecule has 0 aliphatic carbocycles. The van der Waals surface area contributed by atoms with E-state index in [-0.39, 0.29) is 11.9 Å². The fraction of sp³-hybridized carbons (Fsp3) is 0.611. The summed E-state index contributed by atoms with van der Waals surface area (Å²) < 4.78 is 4.04. The Morgan fingerprint density at radius 2 is 2.24 bits per heavy atom. The minimum Gasteiger partial charge on any atom is -0.335 e. The third-order valence-electron chi connectivity index (χ3n) is 5.58. The van der Waals surface area contributed by atoms with E-state index in [0.717, 1.165) is 43.9 Å². The molecule has 3 atom stereocenters. The second-order valence-corrected chi connectivity index (χ2v) is 7.10. The SMILES string of the molecule is CCN1C(=O)CC[C@H](CNC2CCn3ccnc32)[C@H]1c1cnn(C)c1. The summed E-state index contributed by atoms with van der Waals surface area (Å²) in [7, 11) is 1.93. The molecule has 7 nitrogen and oxygen atoms in total. The number of likely N-dealkylation sites (tertiary alicyclic amines) is 1. The Hall–Kier alpha value is -2.15. The maximum Gasteiger partial charge on any atom is 0.223 e. The van der Waals surface area contributed by atoms with Crippen LogP contribution in [0.1, 0.15) is 49.7 Å². The van der Waals surface area contributed by atoms with Crippen LogP contribution < -0.4 is 5.32 Å². The maximum atomic E-state index is 12.4. The highest BCUT2D eigenvalue weighted by atomic mass is 16.2. The maximum absolute atomic E-state index is 12.4. The molecule has 1 saturated heterocycles. The van der Waals surface area contributed by atoms with Gasteiger partial charge in [-0.3, -0.25) is 9.48 Å². The number of aromatic nitrogens is 4. The molecule has 7 heteroatoms. The van der Waals surface area contributed by atoms with E-state index in [1.54, 1.807) is 0 Å². The van der Waals surface area contributed by atoms with Gasteiger partial charge in [-0.05, 0) is 25.7 Å². The number of piperidine rings is 1. The Morgan fingerprint density at radius 3 is 3.00 bits per heavy atom. The molecule has 0 radical (unpaired) electrons. The summed E-state index contributed by atoms with van der Waals surface area (Å²) in [5.74, 6) is 1.78. The van der Waals surface area contributed by atoms with Gasteiger partial charge in [0.05, 0.1) is 18.3 Å². The van der Waals surface area contributed by atoms with Crippen molar-refractivity contribution in [2.24, 2.45) is 13.0 Å². The summed E-state index contributed by atoms with van der Waals surface area (Å²) in [6.07, 6.45) is 10.5. The van der Waals surface area contributed by atoms with Gasteiger partial charge in [0.1, 0.15) is 5.82 Å². The van der Waals surface area contributed by atoms with E-state index in [0.29, 0.717) is 18.4 Å². The monoisotopic (exact) mass is 342 g/mol. The second kappa shape index (κ2) is 6.63. The zero-order valence-corrected chi connectivity index (χ0v) is 14.9. The highest BCUT2D eigenvalue weighted by Gasteiger charge is 2.37. The van der Waals surface area contributed by atoms with Crippen molar-refractivity contribution in [3.05, 3.63) is 36.2 Å². The smallest absolute Gasteiger partial charge is 0.223 e. The number of fused-ring (bicyclic) bond motifs is 1. The topological polar surface area (TPSA) is 68.0 Å². The number of aryl methyl sites for hydroxylation is 2. The molecule has 25 heavy (non-hydrogen) atoms. The van der Waals surface area contributed by atoms with Gasteiger partial charge < -0.3 is 14.8 Å². The lowest BCUT2D eigenvalue weighted by Crippen LogP contribution is -2.45. The molecule has 0 bridgehead atoms. The first-order valence-electron chi connectivity index (χ1n) is 9.19. The molecule has 0 saturated carbocycles. The van der Waals surface area contributed by atoms with Crippen molar-refractivity contribution in [3.8, 4) is 0 Å². The van der Waals surface area contributed by atoms with Crippen LogP contribution in [0, 0.1) is 5.92 Å². The summed E-state index contributed by atoms with van der Waals surface area (Å²) in [6, 6.07) is 0.422. The highest BCUT2D eigenvalue weighted by molar-refractivity contribution is 5.77. The number of nitrogens with one attached hydrogen (secondary N) is 1. The van der Waals surface area contributed by atoms with Crippen LogP contribution in [0.25, 0.3) is 0 Å². The molecule has 2 aromatic rings. The van der Waals surface area contributed by atoms with Crippen molar-refractivity contribution in [1.29, 1.82) is 0 Å². The minimum absolute atomic E-state index is 0.105. The van der Waals surface area contributed by atoms with Gasteiger partial charge in [-0.15, -0.1) is 0 Å². The number of rotatable bonds is 5. The first-order valence-corrected chi connectivity index (χ1v) is 9.19. The van der Waals surface area contributed by atoms with Gasteiger partial charge in [-0.2, -0.15) is 5.10 Å². The lowest BCUT2D eigenvalue weighted by atomic mass is 9.85. The Morgan fingerprint density at radius 1 is 1.36 bits per heavy atom. The third kappa shape index (κ3) is 2.97. The van der Waals surface area contributed by atoms with Crippen LogP contribution >= 0.6 is 0 Å². The second-order valence-electron chi connectivity index (χ2n) is 7.10. The van der Waals surface area contributed by atoms with Gasteiger partial charge in [0, 0.05) is 57.3 Å². The van der Waals surface area contributed by atoms with Crippen molar-refractivity contribution >= 4 is 5.91 Å². The van der Waals surface area contributed by atoms with Crippen molar-refractivity contribution in [2.75, 3.05) is 13.1 Å². The van der Waals surface area contributed by atoms with Crippen LogP contribution in [-0.4, -0.2) is 43.2 Å². The Labute approximate surface area is 148 Å². The molecule has 134 valence electrons. The molecule has 2 aliphatic rings. The zero-order chi connectivity index (χ0) is 17.4. The van der Waals surface area contributed by atoms with Gasteiger partial charge >= 0.3 is 0 Å². The fourth-order valence-electron chi connectivity index (χ4n) is 4.36. The predicted octanol–water partition coefficient (Wildman–Crippen LogP) is 1.65. The first-order chi connectivity index (χ1) is 12.2. The molecular weight excluding hydrogens is 316 g/mol. The molecule has 0 aromatic carbocycles. The number of nitrogens with zero attached hydrogens (tertiary/aromatic N) is 5. The molecule has 2 aliphatic heterocycles. The standard InChI is InChI=1S/C18H26N6O/c1-3-24-16(25)5-4-13(17(24)14-11-21-22(2)12-14)10-20-15-6-8-23-9-7-19-18(15)23/h7,9,11-13,15,17,20H,3-6,8,10H2,1-2H3/t13-,15?,17+/m1/s1. The molecule has 4 heterocycles. The van der Waals surface area contributed by atoms with Crippen molar-refractivity contribution < 1.29 is 4.79 Å². The first kappa shape index (κ1) is 16.3. The lowest BCUT2D eigenvalue weighted by molar-refractivity contribution is -0.138. The van der Waals surface area contributed by atoms with Gasteiger partial charge in [-0.25, -0.2) is 4.98 Å². The highest BCUT2D eigenvalue weighted by Crippen LogP contribution is 2.36. The van der Waals surface area contributed by atoms with E-state index in [4.69, 9.17) is 0 Å². The Bertz CT molecular complexity index is 750. The van der Waals surface area contributed by atoms with Gasteiger partial charge in [0.25, 0.3) is 0 Å². The number of carbonyl (C=O) groups is 1. The summed E-state index contributed by atoms with van der Waals surface area (Å²) in [5, 5.41) is 8.04. The average molecular weight is 342 g/mol. The number of imidazole rings is 1. The summed E-state index contributed by atoms with van der Waals surface area (Å²) in [6.45, 7) is 4.72. The van der Waals surface area contributed by atoms with Crippen molar-refractivity contribution in [3.63, 3.8) is 0 Å². The molecular formula is C18H26N6O. The molecule has 1 fully saturated rings. The zero-order valence-electron chi connectivity index (χ0n) is 14.9. The van der Waals surface area contributed by atoms with Crippen LogP contribution in [0.5, 0.6) is 0 Å². The lowest BCUT2D eigenvalue weighted by Gasteiger charge is -2.41.